The highest BCUT2D eigenvalue weighted by molar-refractivity contribution is 5.94. The van der Waals surface area contributed by atoms with Gasteiger partial charge in [-0.2, -0.15) is 0 Å². The SMILES string of the molecule is O=C(CC1CCN(C(=O)c2ccccc2)CC1)N1CCOCC1. The molecular formula is C18H24N2O3. The molecule has 2 aliphatic rings. The molecule has 0 aromatic heterocycles. The Hall–Kier alpha value is -1.88. The highest BCUT2D eigenvalue weighted by Crippen LogP contribution is 2.23. The van der Waals surface area contributed by atoms with Gasteiger partial charge in [-0.15, -0.1) is 0 Å². The fourth-order valence-corrected chi connectivity index (χ4v) is 3.29. The Bertz CT molecular complexity index is 532. The van der Waals surface area contributed by atoms with Crippen LogP contribution in [0.5, 0.6) is 0 Å². The van der Waals surface area contributed by atoms with E-state index < -0.39 is 0 Å². The predicted octanol–water partition coefficient (Wildman–Crippen LogP) is 1.79. The number of likely N-dealkylation sites (tertiary alicyclic amines) is 1. The molecule has 1 aromatic carbocycles. The maximum Gasteiger partial charge on any atom is 0.253 e. The largest absolute Gasteiger partial charge is 0.378 e. The summed E-state index contributed by atoms with van der Waals surface area (Å²) in [7, 11) is 0. The van der Waals surface area contributed by atoms with E-state index in [1.165, 1.54) is 0 Å². The smallest absolute Gasteiger partial charge is 0.253 e. The Labute approximate surface area is 137 Å². The summed E-state index contributed by atoms with van der Waals surface area (Å²) in [6, 6.07) is 9.41. The number of nitrogens with zero attached hydrogens (tertiary/aromatic N) is 2. The van der Waals surface area contributed by atoms with Gasteiger partial charge in [-0.05, 0) is 30.9 Å². The van der Waals surface area contributed by atoms with E-state index in [-0.39, 0.29) is 11.8 Å². The van der Waals surface area contributed by atoms with Gasteiger partial charge in [0.2, 0.25) is 5.91 Å². The third-order valence-corrected chi connectivity index (χ3v) is 4.75. The third-order valence-electron chi connectivity index (χ3n) is 4.75. The highest BCUT2D eigenvalue weighted by atomic mass is 16.5. The summed E-state index contributed by atoms with van der Waals surface area (Å²) in [5, 5.41) is 0. The Balaban J connectivity index is 1.46. The second-order valence-corrected chi connectivity index (χ2v) is 6.30. The molecule has 2 saturated heterocycles. The zero-order chi connectivity index (χ0) is 16.1. The molecule has 0 saturated carbocycles. The zero-order valence-electron chi connectivity index (χ0n) is 13.4. The second kappa shape index (κ2) is 7.59. The molecule has 0 N–H and O–H groups in total. The first kappa shape index (κ1) is 16.0. The van der Waals surface area contributed by atoms with E-state index in [1.807, 2.05) is 40.1 Å². The van der Waals surface area contributed by atoms with E-state index in [1.54, 1.807) is 0 Å². The van der Waals surface area contributed by atoms with Crippen molar-refractivity contribution in [1.29, 1.82) is 0 Å². The van der Waals surface area contributed by atoms with Crippen LogP contribution in [0.4, 0.5) is 0 Å². The summed E-state index contributed by atoms with van der Waals surface area (Å²) in [4.78, 5) is 28.5. The number of benzene rings is 1. The zero-order valence-corrected chi connectivity index (χ0v) is 13.4. The van der Waals surface area contributed by atoms with E-state index in [9.17, 15) is 9.59 Å². The fourth-order valence-electron chi connectivity index (χ4n) is 3.29. The van der Waals surface area contributed by atoms with Crippen LogP contribution >= 0.6 is 0 Å². The molecule has 0 radical (unpaired) electrons. The fraction of sp³-hybridized carbons (Fsp3) is 0.556. The molecular weight excluding hydrogens is 292 g/mol. The lowest BCUT2D eigenvalue weighted by Crippen LogP contribution is -2.43. The van der Waals surface area contributed by atoms with Crippen molar-refractivity contribution >= 4 is 11.8 Å². The molecule has 0 spiro atoms. The summed E-state index contributed by atoms with van der Waals surface area (Å²) < 4.78 is 5.28. The molecule has 0 aliphatic carbocycles. The molecule has 2 fully saturated rings. The number of piperidine rings is 1. The highest BCUT2D eigenvalue weighted by Gasteiger charge is 2.27. The lowest BCUT2D eigenvalue weighted by Gasteiger charge is -2.33. The van der Waals surface area contributed by atoms with Gasteiger partial charge >= 0.3 is 0 Å². The Morgan fingerprint density at radius 1 is 0.957 bits per heavy atom. The van der Waals surface area contributed by atoms with E-state index in [0.717, 1.165) is 31.5 Å². The molecule has 0 bridgehead atoms. The van der Waals surface area contributed by atoms with Crippen molar-refractivity contribution in [3.63, 3.8) is 0 Å². The van der Waals surface area contributed by atoms with Gasteiger partial charge in [0.15, 0.2) is 0 Å². The van der Waals surface area contributed by atoms with E-state index in [4.69, 9.17) is 4.74 Å². The molecule has 0 atom stereocenters. The van der Waals surface area contributed by atoms with E-state index in [2.05, 4.69) is 0 Å². The summed E-state index contributed by atoms with van der Waals surface area (Å²) in [5.41, 5.74) is 0.746. The lowest BCUT2D eigenvalue weighted by atomic mass is 9.92. The van der Waals surface area contributed by atoms with Gasteiger partial charge in [-0.25, -0.2) is 0 Å². The standard InChI is InChI=1S/C18H24N2O3/c21-17(19-10-12-23-13-11-19)14-15-6-8-20(9-7-15)18(22)16-4-2-1-3-5-16/h1-5,15H,6-14H2. The lowest BCUT2D eigenvalue weighted by molar-refractivity contribution is -0.136. The van der Waals surface area contributed by atoms with Crippen molar-refractivity contribution in [2.75, 3.05) is 39.4 Å². The minimum absolute atomic E-state index is 0.101. The van der Waals surface area contributed by atoms with Crippen molar-refractivity contribution in [3.05, 3.63) is 35.9 Å². The molecule has 2 heterocycles. The molecule has 124 valence electrons. The molecule has 2 aliphatic heterocycles. The first-order valence-electron chi connectivity index (χ1n) is 8.44. The molecule has 5 nitrogen and oxygen atoms in total. The quantitative estimate of drug-likeness (QED) is 0.854. The molecule has 1 aromatic rings. The first-order valence-corrected chi connectivity index (χ1v) is 8.44. The number of amides is 2. The van der Waals surface area contributed by atoms with Crippen LogP contribution in [-0.4, -0.2) is 61.0 Å². The summed E-state index contributed by atoms with van der Waals surface area (Å²) in [6.07, 6.45) is 2.43. The number of morpholine rings is 1. The van der Waals surface area contributed by atoms with E-state index in [0.29, 0.717) is 38.6 Å². The summed E-state index contributed by atoms with van der Waals surface area (Å²) in [6.45, 7) is 4.21. The molecule has 0 unspecified atom stereocenters. The predicted molar refractivity (Wildman–Crippen MR) is 87.1 cm³/mol. The minimum Gasteiger partial charge on any atom is -0.378 e. The van der Waals surface area contributed by atoms with Crippen molar-refractivity contribution < 1.29 is 14.3 Å². The third kappa shape index (κ3) is 4.10. The maximum absolute atomic E-state index is 12.4. The van der Waals surface area contributed by atoms with Crippen LogP contribution in [0.2, 0.25) is 0 Å². The normalized spacial score (nSPS) is 19.7. The van der Waals surface area contributed by atoms with Crippen LogP contribution in [0.1, 0.15) is 29.6 Å². The van der Waals surface area contributed by atoms with Crippen molar-refractivity contribution in [2.24, 2.45) is 5.92 Å². The van der Waals surface area contributed by atoms with Gasteiger partial charge in [0, 0.05) is 38.2 Å². The van der Waals surface area contributed by atoms with Gasteiger partial charge in [0.05, 0.1) is 13.2 Å². The molecule has 3 rings (SSSR count). The van der Waals surface area contributed by atoms with Gasteiger partial charge in [0.1, 0.15) is 0 Å². The average molecular weight is 316 g/mol. The number of hydrogen-bond acceptors (Lipinski definition) is 3. The van der Waals surface area contributed by atoms with Crippen LogP contribution in [0.25, 0.3) is 0 Å². The Morgan fingerprint density at radius 2 is 1.61 bits per heavy atom. The van der Waals surface area contributed by atoms with Crippen LogP contribution < -0.4 is 0 Å². The van der Waals surface area contributed by atoms with Crippen LogP contribution in [0, 0.1) is 5.92 Å². The number of ether oxygens (including phenoxy) is 1. The van der Waals surface area contributed by atoms with Crippen molar-refractivity contribution in [3.8, 4) is 0 Å². The monoisotopic (exact) mass is 316 g/mol. The Kier molecular flexibility index (Phi) is 5.28. The van der Waals surface area contributed by atoms with Gasteiger partial charge in [-0.3, -0.25) is 9.59 Å². The van der Waals surface area contributed by atoms with Crippen LogP contribution in [0.3, 0.4) is 0 Å². The van der Waals surface area contributed by atoms with Crippen LogP contribution in [-0.2, 0) is 9.53 Å². The molecule has 5 heteroatoms. The van der Waals surface area contributed by atoms with Gasteiger partial charge in [0.25, 0.3) is 5.91 Å². The number of hydrogen-bond donors (Lipinski definition) is 0. The van der Waals surface area contributed by atoms with Gasteiger partial charge < -0.3 is 14.5 Å². The van der Waals surface area contributed by atoms with Crippen molar-refractivity contribution in [2.45, 2.75) is 19.3 Å². The average Bonchev–Trinajstić information content (AvgIpc) is 2.63. The second-order valence-electron chi connectivity index (χ2n) is 6.30. The maximum atomic E-state index is 12.4. The summed E-state index contributed by atoms with van der Waals surface area (Å²) in [5.74, 6) is 0.731. The van der Waals surface area contributed by atoms with Gasteiger partial charge in [-0.1, -0.05) is 18.2 Å². The minimum atomic E-state index is 0.101. The first-order chi connectivity index (χ1) is 11.2. The van der Waals surface area contributed by atoms with Crippen molar-refractivity contribution in [1.82, 2.24) is 9.80 Å². The Morgan fingerprint density at radius 3 is 2.26 bits per heavy atom. The number of carbonyl (C=O) groups is 2. The number of carbonyl (C=O) groups excluding carboxylic acids is 2. The molecule has 23 heavy (non-hydrogen) atoms. The topological polar surface area (TPSA) is 49.9 Å². The van der Waals surface area contributed by atoms with Crippen LogP contribution in [0.15, 0.2) is 30.3 Å². The van der Waals surface area contributed by atoms with E-state index >= 15 is 0 Å². The number of rotatable bonds is 3. The molecule has 2 amide bonds. The summed E-state index contributed by atoms with van der Waals surface area (Å²) >= 11 is 0.